The lowest BCUT2D eigenvalue weighted by Crippen LogP contribution is -2.46. The molecule has 1 unspecified atom stereocenters. The molecule has 10 heteroatoms. The van der Waals surface area contributed by atoms with Crippen LogP contribution in [0.2, 0.25) is 5.02 Å². The molecule has 1 aliphatic heterocycles. The van der Waals surface area contributed by atoms with Crippen LogP contribution in [0.1, 0.15) is 29.6 Å². The van der Waals surface area contributed by atoms with Crippen LogP contribution < -0.4 is 10.0 Å². The van der Waals surface area contributed by atoms with E-state index in [1.165, 1.54) is 36.4 Å². The second-order valence-electron chi connectivity index (χ2n) is 7.43. The van der Waals surface area contributed by atoms with Crippen LogP contribution in [-0.2, 0) is 19.6 Å². The van der Waals surface area contributed by atoms with Gasteiger partial charge in [0.05, 0.1) is 4.90 Å². The molecule has 2 N–H and O–H groups in total. The van der Waals surface area contributed by atoms with E-state index < -0.39 is 16.1 Å². The fourth-order valence-electron chi connectivity index (χ4n) is 3.50. The van der Waals surface area contributed by atoms with Gasteiger partial charge in [0, 0.05) is 43.1 Å². The number of hydrogen-bond acceptors (Lipinski definition) is 5. The zero-order chi connectivity index (χ0) is 23.1. The molecule has 2 amide bonds. The summed E-state index contributed by atoms with van der Waals surface area (Å²) in [7, 11) is -2.17. The van der Waals surface area contributed by atoms with Gasteiger partial charge in [0.15, 0.2) is 0 Å². The number of hydrogen-bond donors (Lipinski definition) is 2. The second kappa shape index (κ2) is 10.8. The Hall–Kier alpha value is -2.62. The Morgan fingerprint density at radius 3 is 2.47 bits per heavy atom. The summed E-state index contributed by atoms with van der Waals surface area (Å²) in [5.74, 6) is -0.425. The summed E-state index contributed by atoms with van der Waals surface area (Å²) >= 11 is 5.81. The predicted molar refractivity (Wildman–Crippen MR) is 122 cm³/mol. The fraction of sp³-hybridized carbons (Fsp3) is 0.364. The molecule has 1 saturated heterocycles. The number of nitrogens with one attached hydrogen (secondary N) is 2. The van der Waals surface area contributed by atoms with Crippen molar-refractivity contribution in [3.8, 4) is 0 Å². The predicted octanol–water partition coefficient (Wildman–Crippen LogP) is 2.90. The smallest absolute Gasteiger partial charge is 0.261 e. The largest absolute Gasteiger partial charge is 0.385 e. The third-order valence-electron chi connectivity index (χ3n) is 5.15. The highest BCUT2D eigenvalue weighted by molar-refractivity contribution is 7.92. The van der Waals surface area contributed by atoms with Crippen LogP contribution >= 0.6 is 11.6 Å². The van der Waals surface area contributed by atoms with Gasteiger partial charge in [-0.15, -0.1) is 0 Å². The Morgan fingerprint density at radius 1 is 1.12 bits per heavy atom. The summed E-state index contributed by atoms with van der Waals surface area (Å²) in [6, 6.07) is 11.5. The lowest BCUT2D eigenvalue weighted by Gasteiger charge is -2.24. The molecule has 0 aliphatic carbocycles. The van der Waals surface area contributed by atoms with Gasteiger partial charge < -0.3 is 15.0 Å². The molecule has 32 heavy (non-hydrogen) atoms. The van der Waals surface area contributed by atoms with Crippen molar-refractivity contribution < 1.29 is 22.7 Å². The second-order valence-corrected chi connectivity index (χ2v) is 9.55. The summed E-state index contributed by atoms with van der Waals surface area (Å²) in [6.45, 7) is 1.55. The van der Waals surface area contributed by atoms with E-state index in [0.29, 0.717) is 48.8 Å². The Balaban J connectivity index is 1.64. The van der Waals surface area contributed by atoms with Gasteiger partial charge in [-0.1, -0.05) is 11.6 Å². The number of sulfonamides is 1. The number of amides is 2. The highest BCUT2D eigenvalue weighted by atomic mass is 35.5. The van der Waals surface area contributed by atoms with E-state index in [4.69, 9.17) is 16.3 Å². The van der Waals surface area contributed by atoms with Gasteiger partial charge in [0.2, 0.25) is 5.91 Å². The SMILES string of the molecule is COCCCNC(=O)C1CCCN1C(=O)c1ccc(NS(=O)(=O)c2ccc(Cl)cc2)cc1. The van der Waals surface area contributed by atoms with Gasteiger partial charge >= 0.3 is 0 Å². The van der Waals surface area contributed by atoms with Crippen molar-refractivity contribution >= 4 is 39.1 Å². The standard InChI is InChI=1S/C22H26ClN3O5S/c1-31-15-3-13-24-21(27)20-4-2-14-26(20)22(28)16-5-9-18(10-6-16)25-32(29,30)19-11-7-17(23)8-12-19/h5-12,20,25H,2-4,13-15H2,1H3,(H,24,27). The minimum Gasteiger partial charge on any atom is -0.385 e. The van der Waals surface area contributed by atoms with Crippen molar-refractivity contribution in [3.63, 3.8) is 0 Å². The van der Waals surface area contributed by atoms with E-state index in [9.17, 15) is 18.0 Å². The highest BCUT2D eigenvalue weighted by Gasteiger charge is 2.34. The molecule has 0 spiro atoms. The van der Waals surface area contributed by atoms with E-state index in [-0.39, 0.29) is 16.7 Å². The Bertz CT molecular complexity index is 1040. The van der Waals surface area contributed by atoms with Gasteiger partial charge in [-0.3, -0.25) is 14.3 Å². The molecule has 0 bridgehead atoms. The lowest BCUT2D eigenvalue weighted by atomic mass is 10.1. The summed E-state index contributed by atoms with van der Waals surface area (Å²) in [5.41, 5.74) is 0.712. The highest BCUT2D eigenvalue weighted by Crippen LogP contribution is 2.23. The van der Waals surface area contributed by atoms with Gasteiger partial charge in [-0.25, -0.2) is 8.42 Å². The van der Waals surface area contributed by atoms with Gasteiger partial charge in [0.1, 0.15) is 6.04 Å². The average Bonchev–Trinajstić information content (AvgIpc) is 3.27. The van der Waals surface area contributed by atoms with Gasteiger partial charge in [0.25, 0.3) is 15.9 Å². The van der Waals surface area contributed by atoms with E-state index in [1.807, 2.05) is 0 Å². The Labute approximate surface area is 192 Å². The normalized spacial score (nSPS) is 16.1. The van der Waals surface area contributed by atoms with Gasteiger partial charge in [-0.2, -0.15) is 0 Å². The van der Waals surface area contributed by atoms with Crippen LogP contribution in [0.3, 0.4) is 0 Å². The number of methoxy groups -OCH3 is 1. The number of carbonyl (C=O) groups is 2. The zero-order valence-corrected chi connectivity index (χ0v) is 19.3. The van der Waals surface area contributed by atoms with Crippen LogP contribution in [0.25, 0.3) is 0 Å². The number of benzene rings is 2. The van der Waals surface area contributed by atoms with Crippen LogP contribution in [-0.4, -0.2) is 58.0 Å². The molecule has 1 aliphatic rings. The molecule has 1 fully saturated rings. The molecule has 1 atom stereocenters. The maximum absolute atomic E-state index is 13.0. The number of likely N-dealkylation sites (tertiary alicyclic amines) is 1. The first-order valence-electron chi connectivity index (χ1n) is 10.3. The molecular formula is C22H26ClN3O5S. The summed E-state index contributed by atoms with van der Waals surface area (Å²) in [4.78, 5) is 27.1. The maximum atomic E-state index is 13.0. The monoisotopic (exact) mass is 479 g/mol. The molecule has 2 aromatic carbocycles. The quantitative estimate of drug-likeness (QED) is 0.538. The lowest BCUT2D eigenvalue weighted by molar-refractivity contribution is -0.124. The molecule has 2 aromatic rings. The molecule has 3 rings (SSSR count). The van der Waals surface area contributed by atoms with E-state index >= 15 is 0 Å². The summed E-state index contributed by atoms with van der Waals surface area (Å²) in [6.07, 6.45) is 2.07. The molecule has 1 heterocycles. The molecule has 8 nitrogen and oxygen atoms in total. The van der Waals surface area contributed by atoms with E-state index in [0.717, 1.165) is 6.42 Å². The van der Waals surface area contributed by atoms with Crippen LogP contribution in [0.4, 0.5) is 5.69 Å². The average molecular weight is 480 g/mol. The number of carbonyl (C=O) groups excluding carboxylic acids is 2. The topological polar surface area (TPSA) is 105 Å². The van der Waals surface area contributed by atoms with Crippen molar-refractivity contribution in [2.75, 3.05) is 31.5 Å². The minimum absolute atomic E-state index is 0.0819. The van der Waals surface area contributed by atoms with Crippen LogP contribution in [0, 0.1) is 0 Å². The van der Waals surface area contributed by atoms with Crippen molar-refractivity contribution in [2.45, 2.75) is 30.2 Å². The van der Waals surface area contributed by atoms with Gasteiger partial charge in [-0.05, 0) is 67.8 Å². The van der Waals surface area contributed by atoms with Crippen molar-refractivity contribution in [3.05, 3.63) is 59.1 Å². The fourth-order valence-corrected chi connectivity index (χ4v) is 4.69. The number of nitrogens with zero attached hydrogens (tertiary/aromatic N) is 1. The third kappa shape index (κ3) is 5.99. The summed E-state index contributed by atoms with van der Waals surface area (Å²) in [5, 5.41) is 3.29. The molecule has 0 radical (unpaired) electrons. The van der Waals surface area contributed by atoms with Crippen LogP contribution in [0.5, 0.6) is 0 Å². The van der Waals surface area contributed by atoms with Crippen molar-refractivity contribution in [1.82, 2.24) is 10.2 Å². The molecule has 0 saturated carbocycles. The van der Waals surface area contributed by atoms with E-state index in [2.05, 4.69) is 10.0 Å². The minimum atomic E-state index is -3.78. The van der Waals surface area contributed by atoms with Crippen molar-refractivity contribution in [1.29, 1.82) is 0 Å². The number of rotatable bonds is 9. The molecule has 172 valence electrons. The first-order valence-corrected chi connectivity index (χ1v) is 12.1. The molecular weight excluding hydrogens is 454 g/mol. The first kappa shape index (κ1) is 24.0. The third-order valence-corrected chi connectivity index (χ3v) is 6.80. The number of ether oxygens (including phenoxy) is 1. The zero-order valence-electron chi connectivity index (χ0n) is 17.7. The number of halogens is 1. The summed E-state index contributed by atoms with van der Waals surface area (Å²) < 4.78 is 32.5. The first-order chi connectivity index (χ1) is 15.3. The maximum Gasteiger partial charge on any atom is 0.261 e. The molecule has 0 aromatic heterocycles. The Morgan fingerprint density at radius 2 is 1.81 bits per heavy atom. The number of anilines is 1. The van der Waals surface area contributed by atoms with Crippen molar-refractivity contribution in [2.24, 2.45) is 0 Å². The Kier molecular flexibility index (Phi) is 8.11. The van der Waals surface area contributed by atoms with E-state index in [1.54, 1.807) is 24.1 Å². The van der Waals surface area contributed by atoms with Crippen LogP contribution in [0.15, 0.2) is 53.4 Å².